The van der Waals surface area contributed by atoms with Gasteiger partial charge in [-0.1, -0.05) is 17.4 Å². The van der Waals surface area contributed by atoms with Crippen molar-refractivity contribution in [2.45, 2.75) is 10.8 Å². The topological polar surface area (TPSA) is 79.5 Å². The van der Waals surface area contributed by atoms with Crippen LogP contribution in [0.1, 0.15) is 4.88 Å². The number of thiophene rings is 1. The molecule has 0 unspecified atom stereocenters. The summed E-state index contributed by atoms with van der Waals surface area (Å²) < 4.78 is 22.7. The number of thiazole rings is 1. The third-order valence-corrected chi connectivity index (χ3v) is 6.68. The Morgan fingerprint density at radius 2 is 2.05 bits per heavy atom. The van der Waals surface area contributed by atoms with Gasteiger partial charge in [-0.2, -0.15) is 0 Å². The number of primary sulfonamides is 1. The molecule has 3 rings (SSSR count). The van der Waals surface area contributed by atoms with Crippen LogP contribution in [-0.2, 0) is 16.6 Å². The SMILES string of the molecule is NS(=O)(=O)c1cnc(N2CCN(Cc3cccs3)CC2)s1. The number of rotatable bonds is 4. The van der Waals surface area contributed by atoms with E-state index in [-0.39, 0.29) is 4.21 Å². The maximum absolute atomic E-state index is 11.3. The number of nitrogens with two attached hydrogens (primary N) is 1. The summed E-state index contributed by atoms with van der Waals surface area (Å²) in [5.74, 6) is 0. The first kappa shape index (κ1) is 14.9. The number of hydrogen-bond donors (Lipinski definition) is 1. The molecule has 1 aliphatic rings. The van der Waals surface area contributed by atoms with E-state index in [1.807, 2.05) is 0 Å². The predicted octanol–water partition coefficient (Wildman–Crippen LogP) is 1.17. The molecule has 3 heterocycles. The zero-order valence-corrected chi connectivity index (χ0v) is 13.8. The summed E-state index contributed by atoms with van der Waals surface area (Å²) in [4.78, 5) is 10.1. The van der Waals surface area contributed by atoms with Crippen molar-refractivity contribution in [3.05, 3.63) is 28.6 Å². The summed E-state index contributed by atoms with van der Waals surface area (Å²) in [5, 5.41) is 7.94. The van der Waals surface area contributed by atoms with Crippen molar-refractivity contribution in [1.29, 1.82) is 0 Å². The fourth-order valence-electron chi connectivity index (χ4n) is 2.25. The first-order valence-electron chi connectivity index (χ1n) is 6.51. The Morgan fingerprint density at radius 3 is 2.62 bits per heavy atom. The van der Waals surface area contributed by atoms with Gasteiger partial charge in [0.2, 0.25) is 10.0 Å². The van der Waals surface area contributed by atoms with Crippen molar-refractivity contribution in [3.8, 4) is 0 Å². The molecule has 1 aliphatic heterocycles. The molecule has 0 atom stereocenters. The van der Waals surface area contributed by atoms with Crippen LogP contribution in [0.5, 0.6) is 0 Å². The number of piperazine rings is 1. The first-order chi connectivity index (χ1) is 10.0. The molecule has 21 heavy (non-hydrogen) atoms. The van der Waals surface area contributed by atoms with Crippen LogP contribution in [0.4, 0.5) is 5.13 Å². The van der Waals surface area contributed by atoms with Crippen LogP contribution in [0.2, 0.25) is 0 Å². The van der Waals surface area contributed by atoms with E-state index < -0.39 is 10.0 Å². The van der Waals surface area contributed by atoms with Crippen LogP contribution in [0.3, 0.4) is 0 Å². The van der Waals surface area contributed by atoms with Gasteiger partial charge in [-0.3, -0.25) is 4.90 Å². The Kier molecular flexibility index (Phi) is 4.27. The fourth-order valence-corrected chi connectivity index (χ4v) is 4.59. The van der Waals surface area contributed by atoms with E-state index in [1.165, 1.54) is 11.1 Å². The molecule has 114 valence electrons. The molecular formula is C12H16N4O2S3. The molecule has 2 aromatic heterocycles. The molecule has 0 spiro atoms. The van der Waals surface area contributed by atoms with Crippen molar-refractivity contribution in [2.75, 3.05) is 31.1 Å². The predicted molar refractivity (Wildman–Crippen MR) is 85.3 cm³/mol. The zero-order valence-electron chi connectivity index (χ0n) is 11.3. The van der Waals surface area contributed by atoms with Gasteiger partial charge >= 0.3 is 0 Å². The minimum atomic E-state index is -3.65. The summed E-state index contributed by atoms with van der Waals surface area (Å²) in [6.45, 7) is 4.57. The van der Waals surface area contributed by atoms with Crippen molar-refractivity contribution in [1.82, 2.24) is 9.88 Å². The van der Waals surface area contributed by atoms with Crippen molar-refractivity contribution in [3.63, 3.8) is 0 Å². The molecule has 6 nitrogen and oxygen atoms in total. The zero-order chi connectivity index (χ0) is 14.9. The summed E-state index contributed by atoms with van der Waals surface area (Å²) in [5.41, 5.74) is 0. The van der Waals surface area contributed by atoms with E-state index in [9.17, 15) is 8.42 Å². The molecule has 0 bridgehead atoms. The highest BCUT2D eigenvalue weighted by Gasteiger charge is 2.21. The third-order valence-electron chi connectivity index (χ3n) is 3.36. The van der Waals surface area contributed by atoms with Crippen LogP contribution in [0, 0.1) is 0 Å². The van der Waals surface area contributed by atoms with E-state index in [2.05, 4.69) is 32.3 Å². The Hall–Kier alpha value is -1.00. The van der Waals surface area contributed by atoms with E-state index in [0.29, 0.717) is 0 Å². The van der Waals surface area contributed by atoms with Crippen molar-refractivity contribution < 1.29 is 8.42 Å². The molecule has 2 aromatic rings. The van der Waals surface area contributed by atoms with E-state index in [0.717, 1.165) is 49.2 Å². The molecular weight excluding hydrogens is 328 g/mol. The molecule has 0 aliphatic carbocycles. The minimum Gasteiger partial charge on any atom is -0.345 e. The van der Waals surface area contributed by atoms with E-state index in [4.69, 9.17) is 5.14 Å². The summed E-state index contributed by atoms with van der Waals surface area (Å²) in [6.07, 6.45) is 1.34. The van der Waals surface area contributed by atoms with Crippen LogP contribution < -0.4 is 10.0 Å². The summed E-state index contributed by atoms with van der Waals surface area (Å²) in [7, 11) is -3.65. The second-order valence-corrected chi connectivity index (χ2v) is 8.68. The molecule has 0 radical (unpaired) electrons. The second kappa shape index (κ2) is 6.01. The number of anilines is 1. The normalized spacial score (nSPS) is 17.3. The maximum atomic E-state index is 11.3. The molecule has 0 aromatic carbocycles. The highest BCUT2D eigenvalue weighted by atomic mass is 32.2. The molecule has 0 amide bonds. The minimum absolute atomic E-state index is 0.124. The maximum Gasteiger partial charge on any atom is 0.249 e. The number of hydrogen-bond acceptors (Lipinski definition) is 7. The summed E-state index contributed by atoms with van der Waals surface area (Å²) in [6, 6.07) is 4.22. The number of sulfonamides is 1. The van der Waals surface area contributed by atoms with Gasteiger partial charge in [0.05, 0.1) is 6.20 Å². The van der Waals surface area contributed by atoms with Gasteiger partial charge in [0, 0.05) is 37.6 Å². The third kappa shape index (κ3) is 3.61. The highest BCUT2D eigenvalue weighted by molar-refractivity contribution is 7.91. The largest absolute Gasteiger partial charge is 0.345 e. The van der Waals surface area contributed by atoms with Crippen molar-refractivity contribution in [2.24, 2.45) is 5.14 Å². The fraction of sp³-hybridized carbons (Fsp3) is 0.417. The van der Waals surface area contributed by atoms with Gasteiger partial charge in [-0.15, -0.1) is 11.3 Å². The molecule has 1 saturated heterocycles. The van der Waals surface area contributed by atoms with Crippen LogP contribution in [0.15, 0.2) is 27.9 Å². The smallest absolute Gasteiger partial charge is 0.249 e. The molecule has 2 N–H and O–H groups in total. The lowest BCUT2D eigenvalue weighted by atomic mass is 10.3. The average Bonchev–Trinajstić information content (AvgIpc) is 3.09. The van der Waals surface area contributed by atoms with Gasteiger partial charge in [0.15, 0.2) is 9.34 Å². The van der Waals surface area contributed by atoms with Gasteiger partial charge in [0.25, 0.3) is 0 Å². The van der Waals surface area contributed by atoms with Crippen LogP contribution in [-0.4, -0.2) is 44.5 Å². The van der Waals surface area contributed by atoms with Gasteiger partial charge in [-0.25, -0.2) is 18.5 Å². The van der Waals surface area contributed by atoms with Gasteiger partial charge in [0.1, 0.15) is 0 Å². The lowest BCUT2D eigenvalue weighted by molar-refractivity contribution is 0.252. The molecule has 1 fully saturated rings. The standard InChI is InChI=1S/C12H16N4O2S3/c13-21(17,18)11-8-14-12(20-11)16-5-3-15(4-6-16)9-10-2-1-7-19-10/h1-2,7-8H,3-6,9H2,(H2,13,17,18). The lowest BCUT2D eigenvalue weighted by Gasteiger charge is -2.34. The quantitative estimate of drug-likeness (QED) is 0.901. The Morgan fingerprint density at radius 1 is 1.29 bits per heavy atom. The Labute approximate surface area is 131 Å². The highest BCUT2D eigenvalue weighted by Crippen LogP contribution is 2.26. The number of nitrogens with zero attached hydrogens (tertiary/aromatic N) is 3. The Bertz CT molecular complexity index is 688. The first-order valence-corrected chi connectivity index (χ1v) is 9.75. The second-order valence-electron chi connectivity index (χ2n) is 4.85. The molecule has 9 heteroatoms. The summed E-state index contributed by atoms with van der Waals surface area (Å²) >= 11 is 2.91. The average molecular weight is 344 g/mol. The Balaban J connectivity index is 1.59. The number of aromatic nitrogens is 1. The van der Waals surface area contributed by atoms with Crippen LogP contribution >= 0.6 is 22.7 Å². The van der Waals surface area contributed by atoms with Gasteiger partial charge < -0.3 is 4.90 Å². The van der Waals surface area contributed by atoms with Gasteiger partial charge in [-0.05, 0) is 11.4 Å². The molecule has 0 saturated carbocycles. The van der Waals surface area contributed by atoms with E-state index >= 15 is 0 Å². The van der Waals surface area contributed by atoms with Crippen molar-refractivity contribution >= 4 is 37.8 Å². The monoisotopic (exact) mass is 344 g/mol. The lowest BCUT2D eigenvalue weighted by Crippen LogP contribution is -2.45. The van der Waals surface area contributed by atoms with Crippen LogP contribution in [0.25, 0.3) is 0 Å². The van der Waals surface area contributed by atoms with E-state index in [1.54, 1.807) is 11.3 Å².